The van der Waals surface area contributed by atoms with Crippen molar-refractivity contribution in [3.8, 4) is 11.5 Å². The van der Waals surface area contributed by atoms with Crippen molar-refractivity contribution in [1.82, 2.24) is 0 Å². The van der Waals surface area contributed by atoms with Gasteiger partial charge in [-0.05, 0) is 59.7 Å². The maximum atomic E-state index is 12.4. The van der Waals surface area contributed by atoms with Crippen molar-refractivity contribution in [2.45, 2.75) is 12.8 Å². The summed E-state index contributed by atoms with van der Waals surface area (Å²) in [5.74, 6) is 0.277. The number of esters is 1. The highest BCUT2D eigenvalue weighted by Crippen LogP contribution is 2.25. The van der Waals surface area contributed by atoms with E-state index in [2.05, 4.69) is 0 Å². The normalized spacial score (nSPS) is 11.7. The number of hydrogen-bond donors (Lipinski definition) is 0. The zero-order valence-electron chi connectivity index (χ0n) is 16.1. The number of ether oxygens (including phenoxy) is 3. The van der Waals surface area contributed by atoms with E-state index >= 15 is 0 Å². The van der Waals surface area contributed by atoms with E-state index in [0.29, 0.717) is 11.3 Å². The van der Waals surface area contributed by atoms with Gasteiger partial charge < -0.3 is 14.2 Å². The van der Waals surface area contributed by atoms with Gasteiger partial charge >= 0.3 is 5.97 Å². The molecule has 0 aliphatic rings. The number of carbonyl (C=O) groups excluding carboxylic acids is 2. The number of Topliss-reactive ketones (excluding diaryl/α,β-unsaturated/α-hetero) is 1. The number of rotatable bonds is 7. The molecule has 0 radical (unpaired) electrons. The molecule has 0 N–H and O–H groups in total. The third-order valence-corrected chi connectivity index (χ3v) is 4.68. The van der Waals surface area contributed by atoms with Crippen molar-refractivity contribution in [2.24, 2.45) is 0 Å². The van der Waals surface area contributed by atoms with Crippen LogP contribution in [0.25, 0.3) is 10.8 Å². The summed E-state index contributed by atoms with van der Waals surface area (Å²) < 4.78 is 15.5. The van der Waals surface area contributed by atoms with Crippen LogP contribution in [0.2, 0.25) is 0 Å². The molecule has 0 unspecified atom stereocenters. The Morgan fingerprint density at radius 2 is 1.43 bits per heavy atom. The average molecular weight is 378 g/mol. The fourth-order valence-corrected chi connectivity index (χ4v) is 2.90. The molecular formula is C23H22O5. The average Bonchev–Trinajstić information content (AvgIpc) is 2.75. The number of fused-ring (bicyclic) bond motifs is 1. The van der Waals surface area contributed by atoms with Gasteiger partial charge in [-0.25, -0.2) is 0 Å². The Balaban J connectivity index is 1.64. The molecule has 0 fully saturated rings. The van der Waals surface area contributed by atoms with E-state index in [1.807, 2.05) is 36.4 Å². The maximum absolute atomic E-state index is 12.4. The Morgan fingerprint density at radius 1 is 0.821 bits per heavy atom. The first-order chi connectivity index (χ1) is 13.5. The molecule has 0 aliphatic heterocycles. The van der Waals surface area contributed by atoms with Gasteiger partial charge in [-0.2, -0.15) is 0 Å². The third-order valence-electron chi connectivity index (χ3n) is 4.68. The highest BCUT2D eigenvalue weighted by Gasteiger charge is 2.19. The standard InChI is InChI=1S/C23H22O5/c1-15(17-4-5-19-13-21(27-3)11-8-18(19)12-17)23(25)28-14-22(24)16-6-9-20(26-2)10-7-16/h4-13,15H,14H2,1-3H3/t15-/m0/s1. The SMILES string of the molecule is COc1ccc(C(=O)COC(=O)[C@@H](C)c2ccc3cc(OC)ccc3c2)cc1. The number of carbonyl (C=O) groups is 2. The van der Waals surface area contributed by atoms with Crippen molar-refractivity contribution in [3.63, 3.8) is 0 Å². The molecule has 5 heteroatoms. The molecule has 0 spiro atoms. The monoisotopic (exact) mass is 378 g/mol. The molecule has 5 nitrogen and oxygen atoms in total. The summed E-state index contributed by atoms with van der Waals surface area (Å²) in [5, 5.41) is 2.03. The second-order valence-corrected chi connectivity index (χ2v) is 6.45. The Morgan fingerprint density at radius 3 is 2.11 bits per heavy atom. The van der Waals surface area contributed by atoms with Gasteiger partial charge in [0.2, 0.25) is 0 Å². The van der Waals surface area contributed by atoms with Gasteiger partial charge in [0, 0.05) is 5.56 Å². The lowest BCUT2D eigenvalue weighted by atomic mass is 9.98. The lowest BCUT2D eigenvalue weighted by Crippen LogP contribution is -2.18. The van der Waals surface area contributed by atoms with Gasteiger partial charge in [0.25, 0.3) is 0 Å². The zero-order valence-corrected chi connectivity index (χ0v) is 16.1. The number of methoxy groups -OCH3 is 2. The molecule has 0 bridgehead atoms. The summed E-state index contributed by atoms with van der Waals surface area (Å²) in [4.78, 5) is 24.6. The van der Waals surface area contributed by atoms with Crippen LogP contribution in [0.3, 0.4) is 0 Å². The van der Waals surface area contributed by atoms with Crippen molar-refractivity contribution in [2.75, 3.05) is 20.8 Å². The van der Waals surface area contributed by atoms with Crippen LogP contribution in [0.4, 0.5) is 0 Å². The minimum absolute atomic E-state index is 0.256. The smallest absolute Gasteiger partial charge is 0.313 e. The molecule has 3 rings (SSSR count). The van der Waals surface area contributed by atoms with E-state index in [1.165, 1.54) is 0 Å². The minimum atomic E-state index is -0.477. The van der Waals surface area contributed by atoms with E-state index in [1.54, 1.807) is 45.4 Å². The van der Waals surface area contributed by atoms with Crippen molar-refractivity contribution >= 4 is 22.5 Å². The summed E-state index contributed by atoms with van der Waals surface area (Å²) >= 11 is 0. The first kappa shape index (κ1) is 19.4. The van der Waals surface area contributed by atoms with Gasteiger partial charge in [0.05, 0.1) is 20.1 Å². The van der Waals surface area contributed by atoms with Crippen LogP contribution in [-0.2, 0) is 9.53 Å². The topological polar surface area (TPSA) is 61.8 Å². The van der Waals surface area contributed by atoms with Gasteiger partial charge in [-0.1, -0.05) is 24.3 Å². The largest absolute Gasteiger partial charge is 0.497 e. The summed E-state index contributed by atoms with van der Waals surface area (Å²) in [6, 6.07) is 18.2. The summed E-state index contributed by atoms with van der Waals surface area (Å²) in [6.07, 6.45) is 0. The van der Waals surface area contributed by atoms with Crippen LogP contribution in [0.15, 0.2) is 60.7 Å². The molecule has 0 aliphatic carbocycles. The van der Waals surface area contributed by atoms with Crippen molar-refractivity contribution < 1.29 is 23.8 Å². The van der Waals surface area contributed by atoms with E-state index in [0.717, 1.165) is 22.1 Å². The molecule has 0 saturated heterocycles. The Labute approximate surface area is 163 Å². The molecule has 0 aromatic heterocycles. The molecule has 1 atom stereocenters. The van der Waals surface area contributed by atoms with Gasteiger partial charge in [-0.3, -0.25) is 9.59 Å². The highest BCUT2D eigenvalue weighted by atomic mass is 16.5. The number of benzene rings is 3. The minimum Gasteiger partial charge on any atom is -0.497 e. The Hall–Kier alpha value is -3.34. The summed E-state index contributed by atoms with van der Waals surface area (Å²) in [7, 11) is 3.18. The summed E-state index contributed by atoms with van der Waals surface area (Å²) in [6.45, 7) is 1.48. The van der Waals surface area contributed by atoms with Gasteiger partial charge in [-0.15, -0.1) is 0 Å². The lowest BCUT2D eigenvalue weighted by Gasteiger charge is -2.13. The Kier molecular flexibility index (Phi) is 5.94. The summed E-state index contributed by atoms with van der Waals surface area (Å²) in [5.41, 5.74) is 1.31. The fraction of sp³-hybridized carbons (Fsp3) is 0.217. The molecular weight excluding hydrogens is 356 g/mol. The first-order valence-corrected chi connectivity index (χ1v) is 8.93. The molecule has 3 aromatic rings. The quantitative estimate of drug-likeness (QED) is 0.451. The fourth-order valence-electron chi connectivity index (χ4n) is 2.90. The predicted octanol–water partition coefficient (Wildman–Crippen LogP) is 4.39. The van der Waals surface area contributed by atoms with E-state index in [-0.39, 0.29) is 12.4 Å². The van der Waals surface area contributed by atoms with Gasteiger partial charge in [0.1, 0.15) is 11.5 Å². The predicted molar refractivity (Wildman–Crippen MR) is 107 cm³/mol. The van der Waals surface area contributed by atoms with Crippen LogP contribution in [0.5, 0.6) is 11.5 Å². The number of ketones is 1. The first-order valence-electron chi connectivity index (χ1n) is 8.93. The lowest BCUT2D eigenvalue weighted by molar-refractivity contribution is -0.143. The molecule has 0 amide bonds. The van der Waals surface area contributed by atoms with E-state index in [9.17, 15) is 9.59 Å². The van der Waals surface area contributed by atoms with Crippen molar-refractivity contribution in [3.05, 3.63) is 71.8 Å². The Bertz CT molecular complexity index is 992. The maximum Gasteiger partial charge on any atom is 0.313 e. The second kappa shape index (κ2) is 8.57. The molecule has 0 heterocycles. The van der Waals surface area contributed by atoms with Gasteiger partial charge in [0.15, 0.2) is 12.4 Å². The van der Waals surface area contributed by atoms with E-state index in [4.69, 9.17) is 14.2 Å². The molecule has 3 aromatic carbocycles. The van der Waals surface area contributed by atoms with Crippen LogP contribution >= 0.6 is 0 Å². The highest BCUT2D eigenvalue weighted by molar-refractivity contribution is 5.98. The van der Waals surface area contributed by atoms with Crippen LogP contribution in [0, 0.1) is 0 Å². The van der Waals surface area contributed by atoms with Crippen molar-refractivity contribution in [1.29, 1.82) is 0 Å². The third kappa shape index (κ3) is 4.31. The second-order valence-electron chi connectivity index (χ2n) is 6.45. The van der Waals surface area contributed by atoms with Crippen LogP contribution < -0.4 is 9.47 Å². The molecule has 144 valence electrons. The number of hydrogen-bond acceptors (Lipinski definition) is 5. The molecule has 0 saturated carbocycles. The van der Waals surface area contributed by atoms with Crippen LogP contribution in [0.1, 0.15) is 28.8 Å². The molecule has 28 heavy (non-hydrogen) atoms. The zero-order chi connectivity index (χ0) is 20.1. The van der Waals surface area contributed by atoms with Crippen LogP contribution in [-0.4, -0.2) is 32.6 Å². The van der Waals surface area contributed by atoms with E-state index < -0.39 is 11.9 Å².